The number of hydrogen-bond acceptors (Lipinski definition) is 4. The molecule has 6 rings (SSSR count). The van der Waals surface area contributed by atoms with Crippen molar-refractivity contribution in [3.05, 3.63) is 54.2 Å². The second-order valence-electron chi connectivity index (χ2n) is 10.7. The van der Waals surface area contributed by atoms with Crippen LogP contribution < -0.4 is 0 Å². The molecule has 180 valence electrons. The number of benzene rings is 2. The summed E-state index contributed by atoms with van der Waals surface area (Å²) in [6, 6.07) is 14.7. The van der Waals surface area contributed by atoms with E-state index in [1.165, 1.54) is 0 Å². The molecule has 2 aromatic carbocycles. The van der Waals surface area contributed by atoms with Gasteiger partial charge in [0.1, 0.15) is 11.4 Å². The highest BCUT2D eigenvalue weighted by Gasteiger charge is 2.43. The number of rotatable bonds is 5. The van der Waals surface area contributed by atoms with Crippen molar-refractivity contribution in [3.63, 3.8) is 0 Å². The van der Waals surface area contributed by atoms with Crippen molar-refractivity contribution in [2.45, 2.75) is 38.6 Å². The number of nitrogens with zero attached hydrogens (tertiary/aromatic N) is 5. The molecule has 1 saturated heterocycles. The van der Waals surface area contributed by atoms with Crippen LogP contribution in [0.25, 0.3) is 22.0 Å². The molecule has 2 amide bonds. The Labute approximate surface area is 205 Å². The van der Waals surface area contributed by atoms with Gasteiger partial charge in [-0.3, -0.25) is 24.2 Å². The lowest BCUT2D eigenvalue weighted by Gasteiger charge is -2.24. The molecular formula is C28H31N5O2. The van der Waals surface area contributed by atoms with Crippen LogP contribution in [-0.2, 0) is 16.6 Å². The van der Waals surface area contributed by atoms with Crippen molar-refractivity contribution in [2.24, 2.45) is 23.9 Å². The van der Waals surface area contributed by atoms with Crippen LogP contribution in [0, 0.1) is 11.8 Å². The highest BCUT2D eigenvalue weighted by atomic mass is 16.2. The smallest absolute Gasteiger partial charge is 0.255 e. The van der Waals surface area contributed by atoms with Gasteiger partial charge in [-0.05, 0) is 62.3 Å². The van der Waals surface area contributed by atoms with Crippen LogP contribution in [0.5, 0.6) is 0 Å². The van der Waals surface area contributed by atoms with Crippen LogP contribution in [0.2, 0.25) is 0 Å². The first-order valence-corrected chi connectivity index (χ1v) is 12.5. The Kier molecular flexibility index (Phi) is 5.06. The molecule has 1 aliphatic carbocycles. The first-order valence-electron chi connectivity index (χ1n) is 12.5. The summed E-state index contributed by atoms with van der Waals surface area (Å²) in [4.78, 5) is 34.4. The maximum absolute atomic E-state index is 13.3. The van der Waals surface area contributed by atoms with E-state index in [1.54, 1.807) is 0 Å². The van der Waals surface area contributed by atoms with E-state index in [0.29, 0.717) is 12.5 Å². The van der Waals surface area contributed by atoms with Gasteiger partial charge in [0.15, 0.2) is 0 Å². The lowest BCUT2D eigenvalue weighted by molar-refractivity contribution is -0.131. The molecule has 35 heavy (non-hydrogen) atoms. The maximum atomic E-state index is 13.3. The molecular weight excluding hydrogens is 438 g/mol. The summed E-state index contributed by atoms with van der Waals surface area (Å²) < 4.78 is 1.87. The second kappa shape index (κ2) is 8.04. The number of aliphatic imine (C=N–C) groups is 1. The number of likely N-dealkylation sites (tertiary alicyclic amines) is 1. The number of carbonyl (C=O) groups excluding carboxylic acids is 2. The van der Waals surface area contributed by atoms with Gasteiger partial charge in [0.25, 0.3) is 5.91 Å². The number of carbonyl (C=O) groups is 2. The highest BCUT2D eigenvalue weighted by Crippen LogP contribution is 2.34. The van der Waals surface area contributed by atoms with Crippen molar-refractivity contribution >= 4 is 28.6 Å². The molecule has 1 atom stereocenters. The molecule has 0 spiro atoms. The molecule has 3 aliphatic rings. The molecule has 2 aliphatic heterocycles. The average molecular weight is 470 g/mol. The Morgan fingerprint density at radius 1 is 1.03 bits per heavy atom. The maximum Gasteiger partial charge on any atom is 0.255 e. The molecule has 1 saturated carbocycles. The van der Waals surface area contributed by atoms with Gasteiger partial charge in [-0.25, -0.2) is 0 Å². The monoisotopic (exact) mass is 469 g/mol. The summed E-state index contributed by atoms with van der Waals surface area (Å²) in [6.45, 7) is 5.90. The molecule has 3 heterocycles. The van der Waals surface area contributed by atoms with E-state index in [1.807, 2.05) is 41.6 Å². The number of amides is 2. The summed E-state index contributed by atoms with van der Waals surface area (Å²) in [5.41, 5.74) is 3.51. The summed E-state index contributed by atoms with van der Waals surface area (Å²) in [7, 11) is 1.95. The minimum absolute atomic E-state index is 0.0329. The normalized spacial score (nSPS) is 21.7. The third kappa shape index (κ3) is 3.93. The minimum Gasteiger partial charge on any atom is -0.342 e. The van der Waals surface area contributed by atoms with Gasteiger partial charge in [0, 0.05) is 43.5 Å². The molecule has 3 aromatic rings. The van der Waals surface area contributed by atoms with Crippen LogP contribution in [-0.4, -0.2) is 62.4 Å². The Hall–Kier alpha value is -3.48. The predicted octanol–water partition coefficient (Wildman–Crippen LogP) is 3.87. The van der Waals surface area contributed by atoms with Crippen molar-refractivity contribution in [1.29, 1.82) is 0 Å². The fraction of sp³-hybridized carbons (Fsp3) is 0.429. The molecule has 2 fully saturated rings. The van der Waals surface area contributed by atoms with Crippen LogP contribution in [0.15, 0.2) is 53.7 Å². The van der Waals surface area contributed by atoms with Crippen molar-refractivity contribution in [3.8, 4) is 11.1 Å². The number of aromatic nitrogens is 2. The SMILES string of the molecule is Cn1ncc2cc(-c3ccc(C4=NC(C)(C)C(=O)N4CC4CCN(C(=O)C5CC5)C4)cc3)ccc21. The van der Waals surface area contributed by atoms with Gasteiger partial charge < -0.3 is 4.90 Å². The van der Waals surface area contributed by atoms with Gasteiger partial charge >= 0.3 is 0 Å². The van der Waals surface area contributed by atoms with Gasteiger partial charge in [0.2, 0.25) is 5.91 Å². The van der Waals surface area contributed by atoms with E-state index in [2.05, 4.69) is 47.6 Å². The van der Waals surface area contributed by atoms with Gasteiger partial charge in [-0.1, -0.05) is 30.3 Å². The number of hydrogen-bond donors (Lipinski definition) is 0. The van der Waals surface area contributed by atoms with Crippen LogP contribution in [0.3, 0.4) is 0 Å². The predicted molar refractivity (Wildman–Crippen MR) is 136 cm³/mol. The van der Waals surface area contributed by atoms with Crippen molar-refractivity contribution in [2.75, 3.05) is 19.6 Å². The molecule has 0 N–H and O–H groups in total. The first-order chi connectivity index (χ1) is 16.8. The molecule has 7 heteroatoms. The van der Waals surface area contributed by atoms with Crippen LogP contribution in [0.1, 0.15) is 38.7 Å². The van der Waals surface area contributed by atoms with E-state index in [0.717, 1.165) is 65.8 Å². The van der Waals surface area contributed by atoms with Crippen LogP contribution >= 0.6 is 0 Å². The molecule has 1 aromatic heterocycles. The number of amidine groups is 1. The summed E-state index contributed by atoms with van der Waals surface area (Å²) in [5, 5.41) is 5.45. The Morgan fingerprint density at radius 2 is 1.74 bits per heavy atom. The Bertz CT molecular complexity index is 1350. The first kappa shape index (κ1) is 22.0. The second-order valence-corrected chi connectivity index (χ2v) is 10.7. The Balaban J connectivity index is 1.22. The number of aryl methyl sites for hydroxylation is 1. The fourth-order valence-electron chi connectivity index (χ4n) is 5.37. The van der Waals surface area contributed by atoms with Gasteiger partial charge in [-0.15, -0.1) is 0 Å². The lowest BCUT2D eigenvalue weighted by Crippen LogP contribution is -2.42. The molecule has 1 unspecified atom stereocenters. The topological polar surface area (TPSA) is 70.8 Å². The lowest BCUT2D eigenvalue weighted by atomic mass is 10.0. The van der Waals surface area contributed by atoms with E-state index in [4.69, 9.17) is 4.99 Å². The zero-order valence-corrected chi connectivity index (χ0v) is 20.6. The summed E-state index contributed by atoms with van der Waals surface area (Å²) >= 11 is 0. The van der Waals surface area contributed by atoms with E-state index >= 15 is 0 Å². The average Bonchev–Trinajstić information content (AvgIpc) is 3.43. The highest BCUT2D eigenvalue weighted by molar-refractivity contribution is 6.15. The third-order valence-corrected chi connectivity index (χ3v) is 7.60. The third-order valence-electron chi connectivity index (χ3n) is 7.60. The quantitative estimate of drug-likeness (QED) is 0.570. The van der Waals surface area contributed by atoms with Gasteiger partial charge in [0.05, 0.1) is 11.7 Å². The standard InChI is InChI=1S/C28H31N5O2/c1-28(2)27(35)33(17-18-12-13-32(16-18)26(34)21-8-9-21)25(30-28)20-6-4-19(5-7-20)22-10-11-24-23(14-22)15-29-31(24)3/h4-7,10-11,14-15,18,21H,8-9,12-13,16-17H2,1-3H3. The molecule has 0 bridgehead atoms. The minimum atomic E-state index is -0.776. The largest absolute Gasteiger partial charge is 0.342 e. The van der Waals surface area contributed by atoms with E-state index in [9.17, 15) is 9.59 Å². The van der Waals surface area contributed by atoms with Crippen molar-refractivity contribution in [1.82, 2.24) is 19.6 Å². The van der Waals surface area contributed by atoms with Crippen molar-refractivity contribution < 1.29 is 9.59 Å². The van der Waals surface area contributed by atoms with E-state index in [-0.39, 0.29) is 17.7 Å². The summed E-state index contributed by atoms with van der Waals surface area (Å²) in [5.74, 6) is 1.60. The molecule has 7 nitrogen and oxygen atoms in total. The zero-order chi connectivity index (χ0) is 24.3. The van der Waals surface area contributed by atoms with Gasteiger partial charge in [-0.2, -0.15) is 5.10 Å². The Morgan fingerprint density at radius 3 is 2.49 bits per heavy atom. The van der Waals surface area contributed by atoms with E-state index < -0.39 is 5.54 Å². The number of fused-ring (bicyclic) bond motifs is 1. The van der Waals surface area contributed by atoms with Crippen LogP contribution in [0.4, 0.5) is 0 Å². The molecule has 0 radical (unpaired) electrons. The fourth-order valence-corrected chi connectivity index (χ4v) is 5.37. The zero-order valence-electron chi connectivity index (χ0n) is 20.6. The summed E-state index contributed by atoms with van der Waals surface area (Å²) in [6.07, 6.45) is 4.88.